The van der Waals surface area contributed by atoms with Crippen molar-refractivity contribution in [3.8, 4) is 16.2 Å². The number of aryl methyl sites for hydroxylation is 1. The molecule has 0 spiro atoms. The van der Waals surface area contributed by atoms with Gasteiger partial charge in [0, 0.05) is 80.2 Å². The van der Waals surface area contributed by atoms with Crippen LogP contribution in [0, 0.1) is 12.3 Å². The summed E-state index contributed by atoms with van der Waals surface area (Å²) in [5, 5.41) is 23.5. The van der Waals surface area contributed by atoms with Crippen LogP contribution in [-0.2, 0) is 52.1 Å². The second-order valence-corrected chi connectivity index (χ2v) is 24.4. The number of amides is 5. The van der Waals surface area contributed by atoms with Gasteiger partial charge in [0.1, 0.15) is 36.8 Å². The Balaban J connectivity index is 0.629. The number of methoxy groups -OCH3 is 1. The maximum absolute atomic E-state index is 14.7. The molecule has 0 unspecified atom stereocenters. The monoisotopic (exact) mass is 1160 g/mol. The first-order valence-electron chi connectivity index (χ1n) is 28.7. The number of carbonyl (C=O) groups excluding carboxylic acids is 5. The molecule has 2 fully saturated rings. The maximum Gasteiger partial charge on any atom is 0.254 e. The molecular weight excluding hydrogens is 1090 g/mol. The van der Waals surface area contributed by atoms with Crippen LogP contribution in [0.3, 0.4) is 0 Å². The number of aromatic nitrogens is 3. The zero-order chi connectivity index (χ0) is 58.8. The summed E-state index contributed by atoms with van der Waals surface area (Å²) in [4.78, 5) is 78.0. The number of rotatable bonds is 19. The summed E-state index contributed by atoms with van der Waals surface area (Å²) >= 11 is 1.57. The Morgan fingerprint density at radius 2 is 1.62 bits per heavy atom. The number of ether oxygens (including phenoxy) is 5. The molecule has 20 heteroatoms. The number of fused-ring (bicyclic) bond motifs is 13. The fourth-order valence-corrected chi connectivity index (χ4v) is 14.0. The van der Waals surface area contributed by atoms with Gasteiger partial charge in [0.25, 0.3) is 11.8 Å². The summed E-state index contributed by atoms with van der Waals surface area (Å²) in [7, 11) is 3.48. The minimum absolute atomic E-state index is 0.0136. The highest BCUT2D eigenvalue weighted by Crippen LogP contribution is 2.54. The molecule has 2 saturated heterocycles. The van der Waals surface area contributed by atoms with Crippen LogP contribution < -0.4 is 20.7 Å². The highest BCUT2D eigenvalue weighted by Gasteiger charge is 2.55. The summed E-state index contributed by atoms with van der Waals surface area (Å²) in [5.41, 5.74) is 8.77. The third-order valence-corrected chi connectivity index (χ3v) is 18.1. The van der Waals surface area contributed by atoms with Gasteiger partial charge in [-0.2, -0.15) is 0 Å². The van der Waals surface area contributed by atoms with Crippen LogP contribution in [-0.4, -0.2) is 143 Å². The number of hydrogen-bond acceptors (Lipinski definition) is 13. The lowest BCUT2D eigenvalue weighted by atomic mass is 9.85. The Hall–Kier alpha value is -7.72. The Morgan fingerprint density at radius 3 is 2.35 bits per heavy atom. The Kier molecular flexibility index (Phi) is 15.3. The van der Waals surface area contributed by atoms with E-state index in [1.807, 2.05) is 88.8 Å². The summed E-state index contributed by atoms with van der Waals surface area (Å²) in [6.07, 6.45) is -1.56. The zero-order valence-corrected chi connectivity index (χ0v) is 49.0. The molecule has 3 aromatic heterocycles. The van der Waals surface area contributed by atoms with Crippen molar-refractivity contribution in [2.24, 2.45) is 5.41 Å². The fourth-order valence-electron chi connectivity index (χ4n) is 13.2. The zero-order valence-electron chi connectivity index (χ0n) is 48.2. The molecule has 4 aliphatic rings. The predicted octanol–water partition coefficient (Wildman–Crippen LogP) is 7.95. The number of aliphatic hydroxyl groups excluding tert-OH is 1. The Bertz CT molecular complexity index is 3880. The summed E-state index contributed by atoms with van der Waals surface area (Å²) < 4.78 is 35.9. The average molecular weight is 1160 g/mol. The minimum Gasteiger partial charge on any atom is -0.491 e. The number of benzene rings is 5. The molecule has 0 aliphatic carbocycles. The van der Waals surface area contributed by atoms with Gasteiger partial charge in [0.15, 0.2) is 5.72 Å². The second kappa shape index (κ2) is 22.7. The molecule has 19 nitrogen and oxygen atoms in total. The molecule has 2 bridgehead atoms. The molecule has 84 heavy (non-hydrogen) atoms. The van der Waals surface area contributed by atoms with Crippen LogP contribution in [0.1, 0.15) is 90.7 Å². The average Bonchev–Trinajstić information content (AvgIpc) is 1.51. The number of para-hydroxylation sites is 2. The van der Waals surface area contributed by atoms with Gasteiger partial charge in [-0.3, -0.25) is 24.0 Å². The highest BCUT2D eigenvalue weighted by molar-refractivity contribution is 7.13. The van der Waals surface area contributed by atoms with E-state index in [-0.39, 0.29) is 82.6 Å². The van der Waals surface area contributed by atoms with E-state index in [4.69, 9.17) is 23.7 Å². The third kappa shape index (κ3) is 10.0. The van der Waals surface area contributed by atoms with Crippen molar-refractivity contribution in [1.29, 1.82) is 0 Å². The van der Waals surface area contributed by atoms with Crippen molar-refractivity contribution in [3.05, 3.63) is 131 Å². The van der Waals surface area contributed by atoms with E-state index in [0.717, 1.165) is 70.9 Å². The van der Waals surface area contributed by atoms with E-state index in [0.29, 0.717) is 29.8 Å². The van der Waals surface area contributed by atoms with Gasteiger partial charge in [0.2, 0.25) is 17.7 Å². The molecule has 5 aromatic carbocycles. The van der Waals surface area contributed by atoms with Crippen molar-refractivity contribution >= 4 is 84.5 Å². The Labute approximate surface area is 490 Å². The first kappa shape index (κ1) is 56.7. The quantitative estimate of drug-likeness (QED) is 0.0568. The summed E-state index contributed by atoms with van der Waals surface area (Å²) in [5.74, 6) is -1.01. The predicted molar refractivity (Wildman–Crippen MR) is 319 cm³/mol. The molecule has 7 heterocycles. The molecule has 12 rings (SSSR count). The lowest BCUT2D eigenvalue weighted by molar-refractivity contribution is -0.264. The second-order valence-electron chi connectivity index (χ2n) is 23.5. The summed E-state index contributed by atoms with van der Waals surface area (Å²) in [6, 6.07) is 29.0. The topological polar surface area (TPSA) is 217 Å². The summed E-state index contributed by atoms with van der Waals surface area (Å²) in [6.45, 7) is 11.1. The fraction of sp³-hybridized carbons (Fsp3) is 0.406. The van der Waals surface area contributed by atoms with Crippen LogP contribution in [0.25, 0.3) is 54.1 Å². The SMILES string of the molecule is CO[C@@H]1[C@H](N(C)C(=O)c2cccc(OCCOCCOCCC(=O)N[C@H](C(=O)N3C[C@H](O)C[C@H]3C(=O)NCc3ccc(-c4scnc4C)cc3)C(C)(C)C)c2)C[C@H]2O[C@]1(C)n1c3ccccc3c3c4c(c5c6ccccc6n2c5c31)C(=O)NC4. The van der Waals surface area contributed by atoms with Gasteiger partial charge in [-0.05, 0) is 66.3 Å². The third-order valence-electron chi connectivity index (χ3n) is 17.1. The molecule has 0 saturated carbocycles. The first-order chi connectivity index (χ1) is 40.5. The molecule has 7 atom stereocenters. The van der Waals surface area contributed by atoms with Crippen LogP contribution in [0.15, 0.2) is 103 Å². The first-order valence-corrected chi connectivity index (χ1v) is 29.5. The lowest BCUT2D eigenvalue weighted by Crippen LogP contribution is -2.61. The number of likely N-dealkylation sites (N-methyl/N-ethyl adjacent to an activating group) is 1. The molecule has 4 N–H and O–H groups in total. The van der Waals surface area contributed by atoms with E-state index in [9.17, 15) is 29.1 Å². The maximum atomic E-state index is 14.7. The minimum atomic E-state index is -1.11. The van der Waals surface area contributed by atoms with Gasteiger partial charge in [-0.25, -0.2) is 4.98 Å². The van der Waals surface area contributed by atoms with E-state index in [1.165, 1.54) is 4.90 Å². The van der Waals surface area contributed by atoms with Crippen molar-refractivity contribution in [3.63, 3.8) is 0 Å². The highest BCUT2D eigenvalue weighted by atomic mass is 32.1. The molecule has 4 aliphatic heterocycles. The smallest absolute Gasteiger partial charge is 0.254 e. The van der Waals surface area contributed by atoms with Gasteiger partial charge in [-0.15, -0.1) is 11.3 Å². The van der Waals surface area contributed by atoms with Gasteiger partial charge in [0.05, 0.1) is 82.3 Å². The van der Waals surface area contributed by atoms with E-state index < -0.39 is 53.6 Å². The molecule has 5 amide bonds. The molecular formula is C64H70N8O11S. The van der Waals surface area contributed by atoms with Crippen molar-refractivity contribution in [2.45, 2.75) is 109 Å². The number of hydrogen-bond donors (Lipinski definition) is 4. The Morgan fingerprint density at radius 1 is 0.905 bits per heavy atom. The largest absolute Gasteiger partial charge is 0.491 e. The number of nitrogens with zero attached hydrogens (tertiary/aromatic N) is 5. The number of nitrogens with one attached hydrogen (secondary N) is 3. The number of aliphatic hydroxyl groups is 1. The van der Waals surface area contributed by atoms with Crippen molar-refractivity contribution in [1.82, 2.24) is 39.9 Å². The van der Waals surface area contributed by atoms with E-state index in [1.54, 1.807) is 47.6 Å². The van der Waals surface area contributed by atoms with Crippen LogP contribution in [0.4, 0.5) is 0 Å². The van der Waals surface area contributed by atoms with Gasteiger partial charge in [-0.1, -0.05) is 87.5 Å². The lowest BCUT2D eigenvalue weighted by Gasteiger charge is -2.50. The van der Waals surface area contributed by atoms with E-state index in [2.05, 4.69) is 61.3 Å². The number of thiazole rings is 1. The number of likely N-dealkylation sites (tertiary alicyclic amines) is 1. The van der Waals surface area contributed by atoms with Crippen LogP contribution in [0.2, 0.25) is 0 Å². The normalized spacial score (nSPS) is 21.3. The van der Waals surface area contributed by atoms with Crippen LogP contribution >= 0.6 is 11.3 Å². The van der Waals surface area contributed by atoms with Crippen molar-refractivity contribution < 1.29 is 52.8 Å². The van der Waals surface area contributed by atoms with Gasteiger partial charge < -0.3 is 63.7 Å². The molecule has 438 valence electrons. The number of β-amino-alcohol motifs (C(OH)–C–C–N with tert-alkyl or cyclic N) is 1. The molecule has 0 radical (unpaired) electrons. The number of carbonyl (C=O) groups is 5. The van der Waals surface area contributed by atoms with Crippen LogP contribution in [0.5, 0.6) is 5.75 Å². The van der Waals surface area contributed by atoms with Gasteiger partial charge >= 0.3 is 0 Å². The standard InChI is InChI=1S/C64H70N8O11S/c1-36-56(84-35-67-36)38-21-19-37(20-22-38)32-65-59(75)48-30-40(73)34-70(48)62(78)57(63(2,3)4)68-49(74)23-24-80-25-26-81-27-28-82-41-14-12-13-39(29-41)61(77)69(6)47-31-50-71-45-17-10-8-15-42(45)52-53-44(33-66-60(53)76)51-43-16-9-11-18-46(43)72(55(51)54(52)71)64(5,83-50)58(47)79-7/h8-22,29,35,40,47-48,50,57-58,73H,23-28,30-34H2,1-7H3,(H,65,75)(H,66,76)(H,68,74)/t40-,47-,48+,50-,57-,58-,64+/m1/s1. The van der Waals surface area contributed by atoms with E-state index >= 15 is 0 Å². The molecule has 8 aromatic rings. The van der Waals surface area contributed by atoms with Crippen molar-refractivity contribution in [2.75, 3.05) is 53.7 Å².